The maximum Gasteiger partial charge on any atom is 0.132 e. The number of halogens is 2. The lowest BCUT2D eigenvalue weighted by Gasteiger charge is -2.19. The Bertz CT molecular complexity index is 927. The van der Waals surface area contributed by atoms with Gasteiger partial charge < -0.3 is 5.32 Å². The van der Waals surface area contributed by atoms with Crippen molar-refractivity contribution in [2.75, 3.05) is 6.54 Å². The zero-order chi connectivity index (χ0) is 29.8. The highest BCUT2D eigenvalue weighted by molar-refractivity contribution is 5.62. The Hall–Kier alpha value is -2.42. The zero-order valence-electron chi connectivity index (χ0n) is 26.3. The quantitative estimate of drug-likeness (QED) is 0.221. The van der Waals surface area contributed by atoms with E-state index in [0.717, 1.165) is 17.4 Å². The van der Waals surface area contributed by atoms with Crippen LogP contribution < -0.4 is 5.32 Å². The third-order valence-corrected chi connectivity index (χ3v) is 6.93. The Labute approximate surface area is 240 Å². The lowest BCUT2D eigenvalue weighted by molar-refractivity contribution is 0.220. The van der Waals surface area contributed by atoms with Crippen LogP contribution in [0.15, 0.2) is 67.3 Å². The molecule has 0 bridgehead atoms. The second-order valence-corrected chi connectivity index (χ2v) is 10.8. The lowest BCUT2D eigenvalue weighted by Crippen LogP contribution is -2.15. The van der Waals surface area contributed by atoms with Crippen molar-refractivity contribution in [3.63, 3.8) is 0 Å². The highest BCUT2D eigenvalue weighted by Crippen LogP contribution is 2.29. The summed E-state index contributed by atoms with van der Waals surface area (Å²) >= 11 is 0. The maximum atomic E-state index is 13.9. The molecule has 2 rings (SSSR count). The van der Waals surface area contributed by atoms with Crippen LogP contribution in [0.5, 0.6) is 0 Å². The number of hydrogen-bond acceptors (Lipinski definition) is 1. The molecule has 0 radical (unpaired) electrons. The number of benzene rings is 2. The fraction of sp³-hybridized carbons (Fsp3) is 0.556. The van der Waals surface area contributed by atoms with Crippen LogP contribution in [0.4, 0.5) is 8.78 Å². The molecule has 220 valence electrons. The minimum Gasteiger partial charge on any atom is -0.381 e. The van der Waals surface area contributed by atoms with Gasteiger partial charge in [-0.15, -0.1) is 0 Å². The number of nitrogens with one attached hydrogen (secondary N) is 1. The van der Waals surface area contributed by atoms with E-state index >= 15 is 0 Å². The van der Waals surface area contributed by atoms with Crippen LogP contribution >= 0.6 is 0 Å². The summed E-state index contributed by atoms with van der Waals surface area (Å²) in [5, 5.41) is 2.97. The summed E-state index contributed by atoms with van der Waals surface area (Å²) in [5.74, 6) is 1.27. The Kier molecular flexibility index (Phi) is 19.2. The van der Waals surface area contributed by atoms with Gasteiger partial charge in [-0.05, 0) is 68.7 Å². The maximum absolute atomic E-state index is 13.9. The molecule has 1 nitrogen and oxygen atoms in total. The van der Waals surface area contributed by atoms with Crippen molar-refractivity contribution >= 4 is 5.70 Å². The van der Waals surface area contributed by atoms with E-state index < -0.39 is 11.5 Å². The highest BCUT2D eigenvalue weighted by Gasteiger charge is 2.20. The predicted octanol–water partition coefficient (Wildman–Crippen LogP) is 11.8. The third kappa shape index (κ3) is 15.1. The lowest BCUT2D eigenvalue weighted by atomic mass is 9.87. The van der Waals surface area contributed by atoms with Crippen molar-refractivity contribution in [1.82, 2.24) is 5.32 Å². The Balaban J connectivity index is 0.000000697. The molecule has 0 amide bonds. The first-order valence-electron chi connectivity index (χ1n) is 15.1. The molecule has 0 heterocycles. The summed E-state index contributed by atoms with van der Waals surface area (Å²) in [6, 6.07) is 15.4. The topological polar surface area (TPSA) is 12.0 Å². The summed E-state index contributed by atoms with van der Waals surface area (Å²) < 4.78 is 27.5. The molecule has 2 aromatic carbocycles. The van der Waals surface area contributed by atoms with Gasteiger partial charge in [0.05, 0.1) is 0 Å². The standard InChI is InChI=1S/C19H32.C15H19F2N.C2H6/c1-4-11-17(6-3)13-10-16-18(12-5-2)19-14-8-7-9-15-19;1-10(2)9-18-11(3)13-7-6-12(8-14(13)16)15(4,5)17;1-2/h7-9,14-15,17-18H,4-6,10-13,16H2,1-3H3;6-8,18H,1,3,9H2,2,4-5H3;1-2H3. The van der Waals surface area contributed by atoms with Gasteiger partial charge in [0.1, 0.15) is 11.5 Å². The number of hydrogen-bond donors (Lipinski definition) is 1. The normalized spacial score (nSPS) is 12.3. The molecule has 1 N–H and O–H groups in total. The molecule has 2 unspecified atom stereocenters. The van der Waals surface area contributed by atoms with Crippen molar-refractivity contribution in [1.29, 1.82) is 0 Å². The first kappa shape index (κ1) is 36.6. The Morgan fingerprint density at radius 3 is 2.00 bits per heavy atom. The van der Waals surface area contributed by atoms with Crippen LogP contribution in [0.1, 0.15) is 129 Å². The third-order valence-electron chi connectivity index (χ3n) is 6.93. The van der Waals surface area contributed by atoms with Crippen LogP contribution in [-0.4, -0.2) is 6.54 Å². The minimum atomic E-state index is -1.55. The minimum absolute atomic E-state index is 0.316. The highest BCUT2D eigenvalue weighted by atomic mass is 19.1. The molecule has 0 aromatic heterocycles. The summed E-state index contributed by atoms with van der Waals surface area (Å²) in [7, 11) is 0. The average molecular weight is 542 g/mol. The van der Waals surface area contributed by atoms with E-state index in [1.54, 1.807) is 17.7 Å². The van der Waals surface area contributed by atoms with Gasteiger partial charge in [-0.25, -0.2) is 8.78 Å². The van der Waals surface area contributed by atoms with E-state index in [1.807, 2.05) is 20.8 Å². The number of rotatable bonds is 15. The van der Waals surface area contributed by atoms with Crippen LogP contribution in [0.2, 0.25) is 0 Å². The first-order chi connectivity index (χ1) is 18.5. The molecule has 39 heavy (non-hydrogen) atoms. The smallest absolute Gasteiger partial charge is 0.132 e. The van der Waals surface area contributed by atoms with E-state index in [2.05, 4.69) is 69.6 Å². The fourth-order valence-corrected chi connectivity index (χ4v) is 4.65. The largest absolute Gasteiger partial charge is 0.381 e. The van der Waals surface area contributed by atoms with E-state index in [4.69, 9.17) is 0 Å². The molecule has 0 saturated carbocycles. The van der Waals surface area contributed by atoms with Crippen LogP contribution in [-0.2, 0) is 5.67 Å². The van der Waals surface area contributed by atoms with Crippen LogP contribution in [0.25, 0.3) is 5.70 Å². The zero-order valence-corrected chi connectivity index (χ0v) is 26.3. The van der Waals surface area contributed by atoms with Gasteiger partial charge in [0, 0.05) is 17.8 Å². The Morgan fingerprint density at radius 1 is 0.897 bits per heavy atom. The van der Waals surface area contributed by atoms with E-state index in [9.17, 15) is 8.78 Å². The predicted molar refractivity (Wildman–Crippen MR) is 170 cm³/mol. The SMILES string of the molecule is C=C(C)CNC(=C)c1ccc(C(C)(C)F)cc1F.CC.CCCC(CC)CCCC(CCC)c1ccccc1. The van der Waals surface area contributed by atoms with Gasteiger partial charge in [-0.1, -0.05) is 128 Å². The monoisotopic (exact) mass is 541 g/mol. The summed E-state index contributed by atoms with van der Waals surface area (Å²) in [6.07, 6.45) is 11.0. The molecule has 0 aliphatic carbocycles. The van der Waals surface area contributed by atoms with Gasteiger partial charge in [0.2, 0.25) is 0 Å². The Morgan fingerprint density at radius 2 is 1.51 bits per heavy atom. The second kappa shape index (κ2) is 20.5. The van der Waals surface area contributed by atoms with E-state index in [0.29, 0.717) is 23.4 Å². The van der Waals surface area contributed by atoms with Gasteiger partial charge in [0.25, 0.3) is 0 Å². The van der Waals surface area contributed by atoms with Crippen LogP contribution in [0.3, 0.4) is 0 Å². The van der Waals surface area contributed by atoms with Crippen molar-refractivity contribution in [2.24, 2.45) is 5.92 Å². The van der Waals surface area contributed by atoms with Crippen molar-refractivity contribution in [3.8, 4) is 0 Å². The molecule has 2 aromatic rings. The second-order valence-electron chi connectivity index (χ2n) is 10.8. The van der Waals surface area contributed by atoms with Gasteiger partial charge >= 0.3 is 0 Å². The summed E-state index contributed by atoms with van der Waals surface area (Å²) in [6.45, 7) is 23.7. The molecule has 0 fully saturated rings. The molecule has 2 atom stereocenters. The number of alkyl halides is 1. The molecule has 0 aliphatic heterocycles. The molecule has 0 aliphatic rings. The molecule has 3 heteroatoms. The molecule has 0 saturated heterocycles. The average Bonchev–Trinajstić information content (AvgIpc) is 2.92. The molecular weight excluding hydrogens is 484 g/mol. The molecule has 0 spiro atoms. The first-order valence-corrected chi connectivity index (χ1v) is 15.1. The van der Waals surface area contributed by atoms with Crippen molar-refractivity contribution in [3.05, 3.63) is 89.8 Å². The van der Waals surface area contributed by atoms with Gasteiger partial charge in [0.15, 0.2) is 0 Å². The van der Waals surface area contributed by atoms with Gasteiger partial charge in [-0.3, -0.25) is 0 Å². The van der Waals surface area contributed by atoms with Crippen molar-refractivity contribution < 1.29 is 8.78 Å². The van der Waals surface area contributed by atoms with Crippen molar-refractivity contribution in [2.45, 2.75) is 118 Å². The van der Waals surface area contributed by atoms with E-state index in [1.165, 1.54) is 71.3 Å². The molecular formula is C36H57F2N. The fourth-order valence-electron chi connectivity index (χ4n) is 4.65. The van der Waals surface area contributed by atoms with E-state index in [-0.39, 0.29) is 0 Å². The van der Waals surface area contributed by atoms with Crippen LogP contribution in [0, 0.1) is 11.7 Å². The summed E-state index contributed by atoms with van der Waals surface area (Å²) in [5.41, 5.74) is 2.07. The summed E-state index contributed by atoms with van der Waals surface area (Å²) in [4.78, 5) is 0. The van der Waals surface area contributed by atoms with Gasteiger partial charge in [-0.2, -0.15) is 0 Å².